The lowest BCUT2D eigenvalue weighted by Crippen LogP contribution is -2.06. The molecule has 28 heavy (non-hydrogen) atoms. The number of phenolic OH excluding ortho intramolecular Hbond substituents is 1. The lowest BCUT2D eigenvalue weighted by Gasteiger charge is -2.07. The Labute approximate surface area is 161 Å². The molecule has 0 atom stereocenters. The predicted molar refractivity (Wildman–Crippen MR) is 107 cm³/mol. The maximum Gasteiger partial charge on any atom is 0.200 e. The van der Waals surface area contributed by atoms with Gasteiger partial charge < -0.3 is 9.52 Å². The molecule has 140 valence electrons. The number of phenols is 1. The molecule has 0 bridgehead atoms. The highest BCUT2D eigenvalue weighted by Gasteiger charge is 2.15. The topological polar surface area (TPSA) is 84.6 Å². The van der Waals surface area contributed by atoms with Gasteiger partial charge in [0.25, 0.3) is 0 Å². The molecule has 0 saturated heterocycles. The van der Waals surface area contributed by atoms with Gasteiger partial charge in [0.1, 0.15) is 17.6 Å². The first-order valence-electron chi connectivity index (χ1n) is 8.56. The van der Waals surface area contributed by atoms with E-state index in [1.807, 2.05) is 0 Å². The van der Waals surface area contributed by atoms with Gasteiger partial charge in [-0.2, -0.15) is 0 Å². The van der Waals surface area contributed by atoms with E-state index in [-0.39, 0.29) is 21.8 Å². The molecule has 1 aromatic heterocycles. The fourth-order valence-electron chi connectivity index (χ4n) is 3.03. The third kappa shape index (κ3) is 3.42. The Morgan fingerprint density at radius 2 is 1.61 bits per heavy atom. The minimum atomic E-state index is -3.44. The Kier molecular flexibility index (Phi) is 4.49. The van der Waals surface area contributed by atoms with E-state index in [0.29, 0.717) is 27.7 Å². The smallest absolute Gasteiger partial charge is 0.200 e. The molecule has 0 saturated carbocycles. The number of rotatable bonds is 4. The highest BCUT2D eigenvalue weighted by atomic mass is 32.2. The molecule has 0 fully saturated rings. The van der Waals surface area contributed by atoms with Gasteiger partial charge >= 0.3 is 0 Å². The van der Waals surface area contributed by atoms with Crippen LogP contribution in [0.4, 0.5) is 0 Å². The van der Waals surface area contributed by atoms with Gasteiger partial charge in [-0.25, -0.2) is 8.42 Å². The maximum atomic E-state index is 12.7. The van der Waals surface area contributed by atoms with Crippen LogP contribution in [0, 0.1) is 0 Å². The third-order valence-corrected chi connectivity index (χ3v) is 6.19. The molecule has 1 N–H and O–H groups in total. The van der Waals surface area contributed by atoms with Crippen LogP contribution in [-0.4, -0.2) is 13.5 Å². The minimum Gasteiger partial charge on any atom is -0.508 e. The SMILES string of the molecule is O=c1c(-c2ccc(CS(=O)(=O)c3ccccc3)cc2)coc2cc(O)ccc12. The number of hydrogen-bond donors (Lipinski definition) is 1. The van der Waals surface area contributed by atoms with Crippen LogP contribution in [0.5, 0.6) is 5.75 Å². The van der Waals surface area contributed by atoms with Gasteiger partial charge in [0.15, 0.2) is 15.3 Å². The first-order chi connectivity index (χ1) is 13.4. The molecule has 6 heteroatoms. The van der Waals surface area contributed by atoms with Gasteiger partial charge in [0, 0.05) is 6.07 Å². The van der Waals surface area contributed by atoms with Crippen LogP contribution in [0.2, 0.25) is 0 Å². The minimum absolute atomic E-state index is 0.0207. The van der Waals surface area contributed by atoms with E-state index in [1.54, 1.807) is 54.6 Å². The first kappa shape index (κ1) is 18.0. The van der Waals surface area contributed by atoms with E-state index < -0.39 is 9.84 Å². The zero-order valence-electron chi connectivity index (χ0n) is 14.7. The summed E-state index contributed by atoms with van der Waals surface area (Å²) in [5, 5.41) is 9.87. The van der Waals surface area contributed by atoms with Gasteiger partial charge in [0.05, 0.1) is 21.6 Å². The van der Waals surface area contributed by atoms with Crippen LogP contribution < -0.4 is 5.43 Å². The van der Waals surface area contributed by atoms with Crippen LogP contribution in [0.3, 0.4) is 0 Å². The quantitative estimate of drug-likeness (QED) is 0.564. The average molecular weight is 392 g/mol. The summed E-state index contributed by atoms with van der Waals surface area (Å²) in [7, 11) is -3.44. The number of fused-ring (bicyclic) bond motifs is 1. The normalized spacial score (nSPS) is 11.6. The first-order valence-corrected chi connectivity index (χ1v) is 10.2. The van der Waals surface area contributed by atoms with Gasteiger partial charge in [-0.15, -0.1) is 0 Å². The third-order valence-electron chi connectivity index (χ3n) is 4.48. The van der Waals surface area contributed by atoms with E-state index >= 15 is 0 Å². The monoisotopic (exact) mass is 392 g/mol. The summed E-state index contributed by atoms with van der Waals surface area (Å²) in [5.41, 5.74) is 1.72. The summed E-state index contributed by atoms with van der Waals surface area (Å²) >= 11 is 0. The molecule has 5 nitrogen and oxygen atoms in total. The van der Waals surface area contributed by atoms with E-state index in [9.17, 15) is 18.3 Å². The van der Waals surface area contributed by atoms with Crippen LogP contribution >= 0.6 is 0 Å². The lowest BCUT2D eigenvalue weighted by atomic mass is 10.0. The van der Waals surface area contributed by atoms with Crippen molar-refractivity contribution in [1.82, 2.24) is 0 Å². The Morgan fingerprint density at radius 1 is 0.893 bits per heavy atom. The van der Waals surface area contributed by atoms with Crippen molar-refractivity contribution >= 4 is 20.8 Å². The molecule has 0 spiro atoms. The van der Waals surface area contributed by atoms with Crippen molar-refractivity contribution in [3.8, 4) is 16.9 Å². The molecule has 0 aliphatic carbocycles. The average Bonchev–Trinajstić information content (AvgIpc) is 2.69. The van der Waals surface area contributed by atoms with E-state index in [4.69, 9.17) is 4.42 Å². The van der Waals surface area contributed by atoms with E-state index in [0.717, 1.165) is 0 Å². The Balaban J connectivity index is 1.65. The largest absolute Gasteiger partial charge is 0.508 e. The van der Waals surface area contributed by atoms with Gasteiger partial charge in [0.2, 0.25) is 0 Å². The molecule has 4 rings (SSSR count). The van der Waals surface area contributed by atoms with Crippen LogP contribution in [0.1, 0.15) is 5.56 Å². The Hall–Kier alpha value is -3.38. The van der Waals surface area contributed by atoms with Crippen molar-refractivity contribution in [3.63, 3.8) is 0 Å². The molecule has 0 unspecified atom stereocenters. The molecular weight excluding hydrogens is 376 g/mol. The standard InChI is InChI=1S/C22H16O5S/c23-17-10-11-19-21(12-17)27-13-20(22(19)24)16-8-6-15(7-9-16)14-28(25,26)18-4-2-1-3-5-18/h1-13,23H,14H2. The lowest BCUT2D eigenvalue weighted by molar-refractivity contribution is 0.474. The van der Waals surface area contributed by atoms with Crippen molar-refractivity contribution in [2.45, 2.75) is 10.6 Å². The zero-order chi connectivity index (χ0) is 19.7. The summed E-state index contributed by atoms with van der Waals surface area (Å²) in [6.07, 6.45) is 1.35. The van der Waals surface area contributed by atoms with Crippen LogP contribution in [0.25, 0.3) is 22.1 Å². The van der Waals surface area contributed by atoms with Gasteiger partial charge in [-0.1, -0.05) is 42.5 Å². The number of aromatic hydroxyl groups is 1. The fraction of sp³-hybridized carbons (Fsp3) is 0.0455. The summed E-state index contributed by atoms with van der Waals surface area (Å²) in [5.74, 6) is -0.101. The van der Waals surface area contributed by atoms with Crippen molar-refractivity contribution in [2.24, 2.45) is 0 Å². The predicted octanol–water partition coefficient (Wildman–Crippen LogP) is 4.14. The van der Waals surface area contributed by atoms with Crippen molar-refractivity contribution in [2.75, 3.05) is 0 Å². The number of benzene rings is 3. The van der Waals surface area contributed by atoms with Crippen molar-refractivity contribution in [3.05, 3.63) is 94.8 Å². The van der Waals surface area contributed by atoms with E-state index in [2.05, 4.69) is 0 Å². The van der Waals surface area contributed by atoms with Crippen LogP contribution in [-0.2, 0) is 15.6 Å². The second-order valence-electron chi connectivity index (χ2n) is 6.43. The Bertz CT molecular complexity index is 1300. The number of sulfone groups is 1. The highest BCUT2D eigenvalue weighted by molar-refractivity contribution is 7.90. The molecular formula is C22H16O5S. The van der Waals surface area contributed by atoms with Crippen molar-refractivity contribution in [1.29, 1.82) is 0 Å². The summed E-state index contributed by atoms with van der Waals surface area (Å²) in [6, 6.07) is 19.4. The molecule has 0 aliphatic heterocycles. The van der Waals surface area contributed by atoms with Gasteiger partial charge in [-0.05, 0) is 35.4 Å². The summed E-state index contributed by atoms with van der Waals surface area (Å²) in [4.78, 5) is 13.0. The second kappa shape index (κ2) is 6.98. The van der Waals surface area contributed by atoms with Crippen molar-refractivity contribution < 1.29 is 17.9 Å². The van der Waals surface area contributed by atoms with Crippen LogP contribution in [0.15, 0.2) is 93.2 Å². The van der Waals surface area contributed by atoms with Gasteiger partial charge in [-0.3, -0.25) is 4.79 Å². The molecule has 0 aliphatic rings. The molecule has 3 aromatic carbocycles. The fourth-order valence-corrected chi connectivity index (χ4v) is 4.40. The summed E-state index contributed by atoms with van der Waals surface area (Å²) < 4.78 is 30.5. The second-order valence-corrected chi connectivity index (χ2v) is 8.42. The molecule has 4 aromatic rings. The van der Waals surface area contributed by atoms with E-state index in [1.165, 1.54) is 24.5 Å². The molecule has 1 heterocycles. The Morgan fingerprint density at radius 3 is 2.32 bits per heavy atom. The molecule has 0 amide bonds. The number of hydrogen-bond acceptors (Lipinski definition) is 5. The maximum absolute atomic E-state index is 12.7. The zero-order valence-corrected chi connectivity index (χ0v) is 15.5. The summed E-state index contributed by atoms with van der Waals surface area (Å²) in [6.45, 7) is 0. The molecule has 0 radical (unpaired) electrons. The highest BCUT2D eigenvalue weighted by Crippen LogP contribution is 2.24.